The van der Waals surface area contributed by atoms with E-state index in [1.807, 2.05) is 24.3 Å². The second kappa shape index (κ2) is 3.06. The third-order valence-corrected chi connectivity index (χ3v) is 1.93. The molecule has 2 rings (SSSR count). The minimum Gasteiger partial charge on any atom is -0.410 e. The lowest BCUT2D eigenvalue weighted by molar-refractivity contribution is 0.320. The fourth-order valence-electron chi connectivity index (χ4n) is 1.10. The predicted octanol–water partition coefficient (Wildman–Crippen LogP) is 1.94. The summed E-state index contributed by atoms with van der Waals surface area (Å²) in [6, 6.07) is 7.47. The standard InChI is InChI=1S/C8H6ClN3O/c9-7(12-13)8-10-5-3-1-2-4-6(5)11-8/h1-4,13H,(H,10,11)/b12-7-. The van der Waals surface area contributed by atoms with Crippen molar-refractivity contribution in [1.82, 2.24) is 9.97 Å². The number of rotatable bonds is 1. The summed E-state index contributed by atoms with van der Waals surface area (Å²) in [5.74, 6) is 0.366. The Morgan fingerprint density at radius 2 is 2.23 bits per heavy atom. The summed E-state index contributed by atoms with van der Waals surface area (Å²) >= 11 is 5.57. The van der Waals surface area contributed by atoms with Crippen LogP contribution >= 0.6 is 11.6 Å². The zero-order valence-electron chi connectivity index (χ0n) is 6.53. The zero-order chi connectivity index (χ0) is 9.26. The quantitative estimate of drug-likeness (QED) is 0.415. The number of fused-ring (bicyclic) bond motifs is 1. The van der Waals surface area contributed by atoms with E-state index < -0.39 is 0 Å². The van der Waals surface area contributed by atoms with Crippen molar-refractivity contribution in [3.8, 4) is 0 Å². The van der Waals surface area contributed by atoms with Crippen LogP contribution in [0, 0.1) is 0 Å². The predicted molar refractivity (Wildman–Crippen MR) is 50.3 cm³/mol. The van der Waals surface area contributed by atoms with E-state index in [4.69, 9.17) is 16.8 Å². The van der Waals surface area contributed by atoms with Crippen LogP contribution in [0.4, 0.5) is 0 Å². The van der Waals surface area contributed by atoms with Gasteiger partial charge in [-0.05, 0) is 12.1 Å². The second-order valence-electron chi connectivity index (χ2n) is 2.49. The molecule has 2 N–H and O–H groups in total. The molecule has 0 aliphatic heterocycles. The monoisotopic (exact) mass is 195 g/mol. The molecule has 0 aliphatic rings. The first kappa shape index (κ1) is 8.07. The average Bonchev–Trinajstić information content (AvgIpc) is 2.59. The fourth-order valence-corrected chi connectivity index (χ4v) is 1.19. The molecule has 1 aromatic carbocycles. The van der Waals surface area contributed by atoms with Gasteiger partial charge in [-0.25, -0.2) is 4.98 Å². The van der Waals surface area contributed by atoms with Crippen LogP contribution in [-0.4, -0.2) is 20.3 Å². The summed E-state index contributed by atoms with van der Waals surface area (Å²) in [6.45, 7) is 0. The van der Waals surface area contributed by atoms with Crippen LogP contribution in [0.3, 0.4) is 0 Å². The summed E-state index contributed by atoms with van der Waals surface area (Å²) in [7, 11) is 0. The third kappa shape index (κ3) is 1.36. The number of nitrogens with zero attached hydrogens (tertiary/aromatic N) is 2. The number of imidazole rings is 1. The Morgan fingerprint density at radius 1 is 1.46 bits per heavy atom. The Balaban J connectivity index is 2.62. The lowest BCUT2D eigenvalue weighted by Gasteiger charge is -1.85. The van der Waals surface area contributed by atoms with Crippen LogP contribution in [-0.2, 0) is 0 Å². The van der Waals surface area contributed by atoms with E-state index in [0.29, 0.717) is 5.82 Å². The normalized spacial score (nSPS) is 12.2. The molecule has 0 saturated carbocycles. The van der Waals surface area contributed by atoms with Gasteiger partial charge in [0.2, 0.25) is 5.17 Å². The molecule has 0 bridgehead atoms. The molecule has 0 aliphatic carbocycles. The smallest absolute Gasteiger partial charge is 0.210 e. The molecule has 0 radical (unpaired) electrons. The first-order chi connectivity index (χ1) is 6.31. The van der Waals surface area contributed by atoms with Crippen LogP contribution in [0.25, 0.3) is 11.0 Å². The molecule has 1 heterocycles. The second-order valence-corrected chi connectivity index (χ2v) is 2.85. The van der Waals surface area contributed by atoms with E-state index in [0.717, 1.165) is 11.0 Å². The van der Waals surface area contributed by atoms with Crippen molar-refractivity contribution in [1.29, 1.82) is 0 Å². The molecule has 1 aromatic heterocycles. The molecule has 2 aromatic rings. The summed E-state index contributed by atoms with van der Waals surface area (Å²) in [5, 5.41) is 11.2. The molecule has 0 fully saturated rings. The Hall–Kier alpha value is -1.55. The number of para-hydroxylation sites is 2. The van der Waals surface area contributed by atoms with Gasteiger partial charge in [0.25, 0.3) is 0 Å². The molecule has 5 heteroatoms. The van der Waals surface area contributed by atoms with Gasteiger partial charge in [-0.2, -0.15) is 0 Å². The highest BCUT2D eigenvalue weighted by Crippen LogP contribution is 2.11. The lowest BCUT2D eigenvalue weighted by Crippen LogP contribution is -1.92. The van der Waals surface area contributed by atoms with Crippen LogP contribution in [0.2, 0.25) is 0 Å². The SMILES string of the molecule is O/N=C(\Cl)c1nc2ccccc2[nH]1. The summed E-state index contributed by atoms with van der Waals surface area (Å²) in [4.78, 5) is 7.02. The van der Waals surface area contributed by atoms with Crippen molar-refractivity contribution in [3.05, 3.63) is 30.1 Å². The number of halogens is 1. The number of hydrogen-bond donors (Lipinski definition) is 2. The minimum atomic E-state index is -0.0452. The van der Waals surface area contributed by atoms with Crippen LogP contribution in [0.15, 0.2) is 29.4 Å². The van der Waals surface area contributed by atoms with Crippen LogP contribution in [0.5, 0.6) is 0 Å². The van der Waals surface area contributed by atoms with Crippen molar-refractivity contribution < 1.29 is 5.21 Å². The maximum atomic E-state index is 8.41. The molecule has 0 amide bonds. The minimum absolute atomic E-state index is 0.0452. The van der Waals surface area contributed by atoms with Gasteiger partial charge in [-0.1, -0.05) is 28.9 Å². The molecule has 0 unspecified atom stereocenters. The Bertz CT molecular complexity index is 430. The highest BCUT2D eigenvalue weighted by molar-refractivity contribution is 6.69. The van der Waals surface area contributed by atoms with Crippen LogP contribution in [0.1, 0.15) is 5.82 Å². The molecular weight excluding hydrogens is 190 g/mol. The molecular formula is C8H6ClN3O. The largest absolute Gasteiger partial charge is 0.410 e. The number of aromatic nitrogens is 2. The van der Waals surface area contributed by atoms with Crippen molar-refractivity contribution in [2.75, 3.05) is 0 Å². The number of oxime groups is 1. The fraction of sp³-hybridized carbons (Fsp3) is 0. The Morgan fingerprint density at radius 3 is 2.92 bits per heavy atom. The van der Waals surface area contributed by atoms with E-state index in [-0.39, 0.29) is 5.17 Å². The lowest BCUT2D eigenvalue weighted by atomic mass is 10.3. The van der Waals surface area contributed by atoms with Crippen molar-refractivity contribution in [3.63, 3.8) is 0 Å². The van der Waals surface area contributed by atoms with Gasteiger partial charge < -0.3 is 10.2 Å². The van der Waals surface area contributed by atoms with Gasteiger partial charge in [-0.3, -0.25) is 0 Å². The van der Waals surface area contributed by atoms with Crippen LogP contribution < -0.4 is 0 Å². The van der Waals surface area contributed by atoms with E-state index in [1.54, 1.807) is 0 Å². The van der Waals surface area contributed by atoms with Crippen molar-refractivity contribution in [2.45, 2.75) is 0 Å². The first-order valence-electron chi connectivity index (χ1n) is 3.64. The summed E-state index contributed by atoms with van der Waals surface area (Å²) in [5.41, 5.74) is 1.65. The number of aromatic amines is 1. The van der Waals surface area contributed by atoms with E-state index in [2.05, 4.69) is 15.1 Å². The van der Waals surface area contributed by atoms with E-state index in [9.17, 15) is 0 Å². The van der Waals surface area contributed by atoms with Gasteiger partial charge in [0.05, 0.1) is 11.0 Å². The van der Waals surface area contributed by atoms with Crippen molar-refractivity contribution >= 4 is 27.8 Å². The van der Waals surface area contributed by atoms with Gasteiger partial charge in [-0.15, -0.1) is 0 Å². The summed E-state index contributed by atoms with van der Waals surface area (Å²) in [6.07, 6.45) is 0. The molecule has 0 saturated heterocycles. The maximum Gasteiger partial charge on any atom is 0.210 e. The number of hydrogen-bond acceptors (Lipinski definition) is 3. The number of benzene rings is 1. The van der Waals surface area contributed by atoms with E-state index in [1.165, 1.54) is 0 Å². The number of nitrogens with one attached hydrogen (secondary N) is 1. The molecule has 13 heavy (non-hydrogen) atoms. The Kier molecular flexibility index (Phi) is 1.90. The van der Waals surface area contributed by atoms with E-state index >= 15 is 0 Å². The van der Waals surface area contributed by atoms with Gasteiger partial charge >= 0.3 is 0 Å². The topological polar surface area (TPSA) is 61.3 Å². The Labute approximate surface area is 78.9 Å². The maximum absolute atomic E-state index is 8.41. The third-order valence-electron chi connectivity index (χ3n) is 1.67. The summed E-state index contributed by atoms with van der Waals surface area (Å²) < 4.78 is 0. The van der Waals surface area contributed by atoms with Gasteiger partial charge in [0.15, 0.2) is 5.82 Å². The van der Waals surface area contributed by atoms with Gasteiger partial charge in [0, 0.05) is 0 Å². The zero-order valence-corrected chi connectivity index (χ0v) is 7.28. The van der Waals surface area contributed by atoms with Gasteiger partial charge in [0.1, 0.15) is 0 Å². The first-order valence-corrected chi connectivity index (χ1v) is 4.02. The molecule has 4 nitrogen and oxygen atoms in total. The molecule has 66 valence electrons. The molecule has 0 spiro atoms. The number of H-pyrrole nitrogens is 1. The highest BCUT2D eigenvalue weighted by atomic mass is 35.5. The average molecular weight is 196 g/mol. The molecule has 0 atom stereocenters. The highest BCUT2D eigenvalue weighted by Gasteiger charge is 2.06. The van der Waals surface area contributed by atoms with Crippen molar-refractivity contribution in [2.24, 2.45) is 5.16 Å².